The maximum atomic E-state index is 13.2. The lowest BCUT2D eigenvalue weighted by molar-refractivity contribution is -0.139. The smallest absolute Gasteiger partial charge is 0.408 e. The highest BCUT2D eigenvalue weighted by Crippen LogP contribution is 2.21. The predicted molar refractivity (Wildman–Crippen MR) is 87.1 cm³/mol. The van der Waals surface area contributed by atoms with E-state index in [1.807, 2.05) is 0 Å². The van der Waals surface area contributed by atoms with Gasteiger partial charge in [-0.15, -0.1) is 0 Å². The first kappa shape index (κ1) is 20.4. The molecular formula is C17H22FNO6. The molecule has 2 N–H and O–H groups in total. The number of ether oxygens (including phenoxy) is 2. The normalized spacial score (nSPS) is 12.2. The molecule has 0 aliphatic rings. The summed E-state index contributed by atoms with van der Waals surface area (Å²) in [6.07, 6.45) is -1.02. The van der Waals surface area contributed by atoms with Gasteiger partial charge in [0.2, 0.25) is 0 Å². The molecule has 1 amide bonds. The number of amides is 1. The van der Waals surface area contributed by atoms with Gasteiger partial charge in [0, 0.05) is 13.3 Å². The first-order chi connectivity index (χ1) is 11.5. The van der Waals surface area contributed by atoms with Crippen molar-refractivity contribution in [3.05, 3.63) is 29.3 Å². The first-order valence-electron chi connectivity index (χ1n) is 7.60. The van der Waals surface area contributed by atoms with Crippen molar-refractivity contribution in [2.75, 3.05) is 0 Å². The second-order valence-electron chi connectivity index (χ2n) is 6.40. The van der Waals surface area contributed by atoms with Gasteiger partial charge in [0.05, 0.1) is 0 Å². The van der Waals surface area contributed by atoms with Crippen LogP contribution in [0.15, 0.2) is 18.2 Å². The Hall–Kier alpha value is -2.64. The summed E-state index contributed by atoms with van der Waals surface area (Å²) in [5, 5.41) is 11.5. The summed E-state index contributed by atoms with van der Waals surface area (Å²) >= 11 is 0. The number of halogens is 1. The molecule has 0 saturated heterocycles. The lowest BCUT2D eigenvalue weighted by Gasteiger charge is -2.22. The second kappa shape index (κ2) is 8.46. The number of hydrogen-bond donors (Lipinski definition) is 2. The van der Waals surface area contributed by atoms with E-state index in [0.29, 0.717) is 5.56 Å². The molecule has 0 heterocycles. The number of esters is 1. The van der Waals surface area contributed by atoms with E-state index in [-0.39, 0.29) is 17.7 Å². The average Bonchev–Trinajstić information content (AvgIpc) is 2.45. The number of alkyl halides is 1. The molecule has 1 atom stereocenters. The van der Waals surface area contributed by atoms with Gasteiger partial charge in [-0.2, -0.15) is 0 Å². The number of carbonyl (C=O) groups is 3. The number of carboxylic acids is 1. The Balaban J connectivity index is 2.92. The van der Waals surface area contributed by atoms with Gasteiger partial charge in [-0.05, 0) is 44.0 Å². The minimum absolute atomic E-state index is 0.145. The zero-order valence-electron chi connectivity index (χ0n) is 14.6. The van der Waals surface area contributed by atoms with Crippen LogP contribution in [-0.2, 0) is 27.4 Å². The van der Waals surface area contributed by atoms with Crippen LogP contribution >= 0.6 is 0 Å². The van der Waals surface area contributed by atoms with E-state index in [2.05, 4.69) is 5.32 Å². The fourth-order valence-electron chi connectivity index (χ4n) is 2.03. The minimum atomic E-state index is -1.29. The van der Waals surface area contributed by atoms with Crippen LogP contribution in [0.1, 0.15) is 38.8 Å². The maximum Gasteiger partial charge on any atom is 0.408 e. The highest BCUT2D eigenvalue weighted by atomic mass is 19.1. The van der Waals surface area contributed by atoms with Gasteiger partial charge in [0.1, 0.15) is 24.1 Å². The zero-order chi connectivity index (χ0) is 19.2. The number of aliphatic carboxylic acids is 1. The minimum Gasteiger partial charge on any atom is -0.480 e. The van der Waals surface area contributed by atoms with Crippen LogP contribution in [0.2, 0.25) is 0 Å². The molecule has 0 aliphatic carbocycles. The Morgan fingerprint density at radius 3 is 2.36 bits per heavy atom. The Bertz CT molecular complexity index is 653. The molecule has 1 aromatic rings. The van der Waals surface area contributed by atoms with Crippen LogP contribution in [0, 0.1) is 0 Å². The van der Waals surface area contributed by atoms with Crippen molar-refractivity contribution in [2.45, 2.75) is 52.4 Å². The van der Waals surface area contributed by atoms with E-state index in [1.165, 1.54) is 25.1 Å². The van der Waals surface area contributed by atoms with Crippen LogP contribution in [0.5, 0.6) is 5.75 Å². The molecule has 0 fully saturated rings. The average molecular weight is 355 g/mol. The number of benzene rings is 1. The molecule has 138 valence electrons. The third-order valence-corrected chi connectivity index (χ3v) is 3.00. The quantitative estimate of drug-likeness (QED) is 0.601. The van der Waals surface area contributed by atoms with E-state index in [0.717, 1.165) is 0 Å². The molecule has 0 unspecified atom stereocenters. The lowest BCUT2D eigenvalue weighted by atomic mass is 10.0. The van der Waals surface area contributed by atoms with Gasteiger partial charge in [-0.25, -0.2) is 14.0 Å². The number of nitrogens with one attached hydrogen (secondary N) is 1. The molecule has 0 spiro atoms. The number of alkyl carbamates (subject to hydrolysis) is 1. The van der Waals surface area contributed by atoms with Gasteiger partial charge in [-0.3, -0.25) is 4.79 Å². The molecular weight excluding hydrogens is 333 g/mol. The Labute approximate surface area is 145 Å². The molecule has 0 aliphatic heterocycles. The van der Waals surface area contributed by atoms with Crippen LogP contribution in [-0.4, -0.2) is 34.8 Å². The fraction of sp³-hybridized carbons (Fsp3) is 0.471. The Morgan fingerprint density at radius 2 is 1.88 bits per heavy atom. The van der Waals surface area contributed by atoms with E-state index in [9.17, 15) is 23.9 Å². The van der Waals surface area contributed by atoms with Gasteiger partial charge < -0.3 is 19.9 Å². The standard InChI is InChI=1S/C17H22FNO6/c1-10(20)24-13-6-5-11(12(7-13)9-18)8-14(15(21)22)19-16(23)25-17(2,3)4/h5-7,14H,8-9H2,1-4H3,(H,19,23)(H,21,22)/t14-/m0/s1. The van der Waals surface area contributed by atoms with E-state index in [1.54, 1.807) is 20.8 Å². The molecule has 1 aromatic carbocycles. The summed E-state index contributed by atoms with van der Waals surface area (Å²) in [7, 11) is 0. The van der Waals surface area contributed by atoms with Crippen LogP contribution in [0.3, 0.4) is 0 Å². The molecule has 8 heteroatoms. The summed E-state index contributed by atoms with van der Waals surface area (Å²) in [4.78, 5) is 34.1. The number of rotatable bonds is 6. The SMILES string of the molecule is CC(=O)Oc1ccc(C[C@H](NC(=O)OC(C)(C)C)C(=O)O)c(CF)c1. The van der Waals surface area contributed by atoms with Gasteiger partial charge in [-0.1, -0.05) is 6.07 Å². The summed E-state index contributed by atoms with van der Waals surface area (Å²) in [5.41, 5.74) is -0.221. The van der Waals surface area contributed by atoms with Crippen molar-refractivity contribution in [3.8, 4) is 5.75 Å². The highest BCUT2D eigenvalue weighted by molar-refractivity contribution is 5.80. The summed E-state index contributed by atoms with van der Waals surface area (Å²) < 4.78 is 23.1. The van der Waals surface area contributed by atoms with Crippen molar-refractivity contribution in [2.24, 2.45) is 0 Å². The maximum absolute atomic E-state index is 13.2. The number of carbonyl (C=O) groups excluding carboxylic acids is 2. The van der Waals surface area contributed by atoms with Crippen LogP contribution < -0.4 is 10.1 Å². The molecule has 0 aromatic heterocycles. The van der Waals surface area contributed by atoms with E-state index in [4.69, 9.17) is 9.47 Å². The van der Waals surface area contributed by atoms with Crippen molar-refractivity contribution in [3.63, 3.8) is 0 Å². The van der Waals surface area contributed by atoms with Gasteiger partial charge >= 0.3 is 18.0 Å². The molecule has 25 heavy (non-hydrogen) atoms. The van der Waals surface area contributed by atoms with Crippen LogP contribution in [0.25, 0.3) is 0 Å². The van der Waals surface area contributed by atoms with Crippen molar-refractivity contribution in [1.82, 2.24) is 5.32 Å². The monoisotopic (exact) mass is 355 g/mol. The topological polar surface area (TPSA) is 102 Å². The first-order valence-corrected chi connectivity index (χ1v) is 7.60. The number of hydrogen-bond acceptors (Lipinski definition) is 5. The van der Waals surface area contributed by atoms with Crippen molar-refractivity contribution >= 4 is 18.0 Å². The van der Waals surface area contributed by atoms with Gasteiger partial charge in [0.25, 0.3) is 0 Å². The Kier molecular flexibility index (Phi) is 6.90. The third-order valence-electron chi connectivity index (χ3n) is 3.00. The van der Waals surface area contributed by atoms with Crippen molar-refractivity contribution in [1.29, 1.82) is 0 Å². The van der Waals surface area contributed by atoms with E-state index < -0.39 is 36.3 Å². The summed E-state index contributed by atoms with van der Waals surface area (Å²) in [6, 6.07) is 2.92. The zero-order valence-corrected chi connectivity index (χ0v) is 14.6. The third kappa shape index (κ3) is 7.19. The largest absolute Gasteiger partial charge is 0.480 e. The summed E-state index contributed by atoms with van der Waals surface area (Å²) in [5.74, 6) is -1.66. The van der Waals surface area contributed by atoms with Crippen LogP contribution in [0.4, 0.5) is 9.18 Å². The summed E-state index contributed by atoms with van der Waals surface area (Å²) in [6.45, 7) is 5.30. The molecule has 1 rings (SSSR count). The molecule has 0 bridgehead atoms. The molecule has 0 radical (unpaired) electrons. The van der Waals surface area contributed by atoms with Crippen molar-refractivity contribution < 1.29 is 33.4 Å². The predicted octanol–water partition coefficient (Wildman–Crippen LogP) is 2.60. The highest BCUT2D eigenvalue weighted by Gasteiger charge is 2.25. The number of carboxylic acid groups (broad SMARTS) is 1. The van der Waals surface area contributed by atoms with Gasteiger partial charge in [0.15, 0.2) is 0 Å². The van der Waals surface area contributed by atoms with E-state index >= 15 is 0 Å². The molecule has 0 saturated carbocycles. The molecule has 7 nitrogen and oxygen atoms in total. The second-order valence-corrected chi connectivity index (χ2v) is 6.40. The Morgan fingerprint density at radius 1 is 1.24 bits per heavy atom. The lowest BCUT2D eigenvalue weighted by Crippen LogP contribution is -2.44. The fourth-order valence-corrected chi connectivity index (χ4v) is 2.03.